The number of carbonyl (C=O) groups excluding carboxylic acids is 3. The topological polar surface area (TPSA) is 66.5 Å². The molecule has 0 bridgehead atoms. The van der Waals surface area contributed by atoms with Gasteiger partial charge >= 0.3 is 0 Å². The molecule has 0 fully saturated rings. The number of Topliss-reactive ketones (excluding diaryl/α,β-unsaturated/α-hetero) is 1. The Bertz CT molecular complexity index is 1150. The molecule has 2 amide bonds. The average Bonchev–Trinajstić information content (AvgIpc) is 3.16. The van der Waals surface area contributed by atoms with Crippen LogP contribution >= 0.6 is 22.9 Å². The van der Waals surface area contributed by atoms with Crippen molar-refractivity contribution in [2.75, 3.05) is 16.8 Å². The molecule has 0 radical (unpaired) electrons. The van der Waals surface area contributed by atoms with Gasteiger partial charge in [0.25, 0.3) is 11.8 Å². The molecule has 2 aromatic carbocycles. The number of amides is 2. The number of hydrogen-bond acceptors (Lipinski definition) is 4. The van der Waals surface area contributed by atoms with Gasteiger partial charge in [-0.25, -0.2) is 0 Å². The fraction of sp³-hybridized carbons (Fsp3) is 0.174. The van der Waals surface area contributed by atoms with Crippen LogP contribution in [-0.4, -0.2) is 24.1 Å². The van der Waals surface area contributed by atoms with Gasteiger partial charge in [0.15, 0.2) is 5.78 Å². The Kier molecular flexibility index (Phi) is 5.70. The molecule has 0 spiro atoms. The molecule has 1 aliphatic heterocycles. The summed E-state index contributed by atoms with van der Waals surface area (Å²) in [6.45, 7) is 2.33. The van der Waals surface area contributed by atoms with Crippen molar-refractivity contribution in [1.82, 2.24) is 0 Å². The van der Waals surface area contributed by atoms with Crippen LogP contribution < -0.4 is 10.2 Å². The van der Waals surface area contributed by atoms with Crippen molar-refractivity contribution >= 4 is 51.9 Å². The zero-order valence-electron chi connectivity index (χ0n) is 16.3. The van der Waals surface area contributed by atoms with Crippen LogP contribution in [0, 0.1) is 6.92 Å². The van der Waals surface area contributed by atoms with Gasteiger partial charge in [-0.3, -0.25) is 14.4 Å². The molecule has 7 heteroatoms. The molecule has 3 aromatic rings. The third-order valence-electron chi connectivity index (χ3n) is 5.07. The Morgan fingerprint density at radius 2 is 1.93 bits per heavy atom. The normalized spacial score (nSPS) is 13.5. The Hall–Kier alpha value is -2.96. The minimum Gasteiger partial charge on any atom is -0.321 e. The van der Waals surface area contributed by atoms with Gasteiger partial charge in [-0.05, 0) is 54.6 Å². The average molecular weight is 439 g/mol. The first-order valence-corrected chi connectivity index (χ1v) is 10.8. The van der Waals surface area contributed by atoms with Crippen molar-refractivity contribution in [2.45, 2.75) is 19.8 Å². The quantitative estimate of drug-likeness (QED) is 0.580. The first kappa shape index (κ1) is 20.3. The number of anilines is 2. The van der Waals surface area contributed by atoms with Gasteiger partial charge in [0.1, 0.15) is 0 Å². The van der Waals surface area contributed by atoms with Crippen molar-refractivity contribution < 1.29 is 14.4 Å². The first-order valence-electron chi connectivity index (χ1n) is 9.55. The summed E-state index contributed by atoms with van der Waals surface area (Å²) in [6.07, 6.45) is 1.05. The smallest absolute Gasteiger partial charge is 0.258 e. The lowest BCUT2D eigenvalue weighted by Gasteiger charge is -2.21. The minimum absolute atomic E-state index is 0.0719. The van der Waals surface area contributed by atoms with Crippen molar-refractivity contribution in [3.63, 3.8) is 0 Å². The van der Waals surface area contributed by atoms with Crippen molar-refractivity contribution in [2.24, 2.45) is 0 Å². The maximum absolute atomic E-state index is 13.1. The van der Waals surface area contributed by atoms with E-state index in [4.69, 9.17) is 11.6 Å². The van der Waals surface area contributed by atoms with Crippen LogP contribution in [0.15, 0.2) is 53.9 Å². The zero-order chi connectivity index (χ0) is 21.3. The highest BCUT2D eigenvalue weighted by molar-refractivity contribution is 7.12. The summed E-state index contributed by atoms with van der Waals surface area (Å²) in [5.74, 6) is -0.409. The number of aryl methyl sites for hydroxylation is 1. The van der Waals surface area contributed by atoms with Crippen molar-refractivity contribution in [3.8, 4) is 0 Å². The lowest BCUT2D eigenvalue weighted by atomic mass is 10.1. The molecule has 30 heavy (non-hydrogen) atoms. The van der Waals surface area contributed by atoms with E-state index in [9.17, 15) is 14.4 Å². The van der Waals surface area contributed by atoms with Crippen LogP contribution in [-0.2, 0) is 0 Å². The van der Waals surface area contributed by atoms with Gasteiger partial charge in [0.05, 0.1) is 21.3 Å². The molecule has 1 N–H and O–H groups in total. The fourth-order valence-corrected chi connectivity index (χ4v) is 4.58. The number of rotatable bonds is 3. The van der Waals surface area contributed by atoms with Gasteiger partial charge in [0, 0.05) is 24.1 Å². The predicted molar refractivity (Wildman–Crippen MR) is 120 cm³/mol. The number of carbonyl (C=O) groups is 3. The number of nitrogens with one attached hydrogen (secondary N) is 1. The molecule has 0 saturated heterocycles. The molecule has 0 unspecified atom stereocenters. The van der Waals surface area contributed by atoms with Gasteiger partial charge < -0.3 is 10.2 Å². The second-order valence-corrected chi connectivity index (χ2v) is 8.41. The molecule has 1 aromatic heterocycles. The Morgan fingerprint density at radius 3 is 2.70 bits per heavy atom. The van der Waals surface area contributed by atoms with Gasteiger partial charge in [-0.1, -0.05) is 29.8 Å². The Balaban J connectivity index is 1.57. The molecule has 1 aliphatic rings. The molecule has 0 aliphatic carbocycles. The highest BCUT2D eigenvalue weighted by Gasteiger charge is 2.27. The Morgan fingerprint density at radius 1 is 1.13 bits per heavy atom. The van der Waals surface area contributed by atoms with Crippen LogP contribution in [0.1, 0.15) is 48.8 Å². The molecule has 0 saturated carbocycles. The molecular weight excluding hydrogens is 420 g/mol. The standard InChI is InChI=1S/C23H19ClN2O3S/c1-14-5-2-3-6-16(14)22(28)25-18-9-8-15(13-17(18)24)23(29)26-11-4-7-20(27)21-19(26)10-12-30-21/h2-3,5-6,8-10,12-13H,4,7,11H2,1H3,(H,25,28). The molecule has 2 heterocycles. The summed E-state index contributed by atoms with van der Waals surface area (Å²) >= 11 is 7.74. The lowest BCUT2D eigenvalue weighted by Crippen LogP contribution is -2.31. The van der Waals surface area contributed by atoms with Crippen LogP contribution in [0.25, 0.3) is 0 Å². The molecule has 0 atom stereocenters. The summed E-state index contributed by atoms with van der Waals surface area (Å²) < 4.78 is 0. The third-order valence-corrected chi connectivity index (χ3v) is 6.33. The van der Waals surface area contributed by atoms with Crippen molar-refractivity contribution in [1.29, 1.82) is 0 Å². The van der Waals surface area contributed by atoms with Crippen molar-refractivity contribution in [3.05, 3.63) is 80.5 Å². The molecule has 4 rings (SSSR count). The zero-order valence-corrected chi connectivity index (χ0v) is 17.8. The first-order chi connectivity index (χ1) is 14.5. The highest BCUT2D eigenvalue weighted by atomic mass is 35.5. The number of fused-ring (bicyclic) bond motifs is 1. The molecule has 5 nitrogen and oxygen atoms in total. The van der Waals surface area contributed by atoms with E-state index < -0.39 is 0 Å². The van der Waals surface area contributed by atoms with Gasteiger partial charge in [0.2, 0.25) is 0 Å². The maximum Gasteiger partial charge on any atom is 0.258 e. The number of hydrogen-bond donors (Lipinski definition) is 1. The summed E-state index contributed by atoms with van der Waals surface area (Å²) in [4.78, 5) is 40.2. The lowest BCUT2D eigenvalue weighted by molar-refractivity contribution is 0.0975. The van der Waals surface area contributed by atoms with E-state index in [2.05, 4.69) is 5.32 Å². The van der Waals surface area contributed by atoms with Crippen LogP contribution in [0.2, 0.25) is 5.02 Å². The van der Waals surface area contributed by atoms with E-state index in [1.54, 1.807) is 41.3 Å². The SMILES string of the molecule is Cc1ccccc1C(=O)Nc1ccc(C(=O)N2CCCC(=O)c3sccc32)cc1Cl. The van der Waals surface area contributed by atoms with Crippen LogP contribution in [0.5, 0.6) is 0 Å². The van der Waals surface area contributed by atoms with E-state index in [1.807, 2.05) is 24.4 Å². The number of ketones is 1. The minimum atomic E-state index is -0.261. The number of nitrogens with zero attached hydrogens (tertiary/aromatic N) is 1. The van der Waals surface area contributed by atoms with E-state index in [1.165, 1.54) is 11.3 Å². The number of thiophene rings is 1. The summed E-state index contributed by atoms with van der Waals surface area (Å²) in [5, 5.41) is 4.90. The number of halogens is 1. The molecular formula is C23H19ClN2O3S. The third kappa shape index (κ3) is 3.88. The fourth-order valence-electron chi connectivity index (χ4n) is 3.49. The summed E-state index contributed by atoms with van der Waals surface area (Å²) in [7, 11) is 0. The number of benzene rings is 2. The predicted octanol–water partition coefficient (Wildman–Crippen LogP) is 5.59. The van der Waals surface area contributed by atoms with E-state index in [0.717, 1.165) is 5.56 Å². The monoisotopic (exact) mass is 438 g/mol. The maximum atomic E-state index is 13.1. The Labute approximate surface area is 183 Å². The van der Waals surface area contributed by atoms with Crippen LogP contribution in [0.4, 0.5) is 11.4 Å². The van der Waals surface area contributed by atoms with Gasteiger partial charge in [-0.15, -0.1) is 11.3 Å². The second kappa shape index (κ2) is 8.42. The van der Waals surface area contributed by atoms with Crippen LogP contribution in [0.3, 0.4) is 0 Å². The summed E-state index contributed by atoms with van der Waals surface area (Å²) in [6, 6.07) is 13.9. The molecule has 152 valence electrons. The highest BCUT2D eigenvalue weighted by Crippen LogP contribution is 2.33. The van der Waals surface area contributed by atoms with E-state index in [-0.39, 0.29) is 22.6 Å². The largest absolute Gasteiger partial charge is 0.321 e. The second-order valence-electron chi connectivity index (χ2n) is 7.08. The van der Waals surface area contributed by atoms with E-state index in [0.29, 0.717) is 46.8 Å². The van der Waals surface area contributed by atoms with Gasteiger partial charge in [-0.2, -0.15) is 0 Å². The van der Waals surface area contributed by atoms with E-state index >= 15 is 0 Å². The summed E-state index contributed by atoms with van der Waals surface area (Å²) in [5.41, 5.74) is 2.91.